The molecule has 2 rings (SSSR count). The highest BCUT2D eigenvalue weighted by Gasteiger charge is 2.19. The molecule has 0 spiro atoms. The number of nitrogens with one attached hydrogen (secondary N) is 1. The highest BCUT2D eigenvalue weighted by molar-refractivity contribution is 9.10. The fourth-order valence-electron chi connectivity index (χ4n) is 2.70. The molecule has 0 saturated carbocycles. The first kappa shape index (κ1) is 14.7. The third-order valence-electron chi connectivity index (χ3n) is 3.93. The van der Waals surface area contributed by atoms with Gasteiger partial charge in [-0.2, -0.15) is 0 Å². The van der Waals surface area contributed by atoms with E-state index in [1.165, 1.54) is 24.0 Å². The fourth-order valence-corrected chi connectivity index (χ4v) is 3.31. The predicted molar refractivity (Wildman–Crippen MR) is 81.3 cm³/mol. The molecule has 1 fully saturated rings. The second-order valence-corrected chi connectivity index (χ2v) is 5.90. The molecule has 4 heteroatoms. The number of piperidine rings is 1. The summed E-state index contributed by atoms with van der Waals surface area (Å²) in [6.45, 7) is 4.42. The van der Waals surface area contributed by atoms with Gasteiger partial charge in [-0.25, -0.2) is 0 Å². The van der Waals surface area contributed by atoms with Crippen molar-refractivity contribution < 1.29 is 9.47 Å². The molecule has 1 heterocycles. The average Bonchev–Trinajstić information content (AvgIpc) is 2.45. The van der Waals surface area contributed by atoms with Crippen LogP contribution in [0.25, 0.3) is 0 Å². The number of methoxy groups -OCH3 is 2. The maximum absolute atomic E-state index is 5.43. The molecular formula is C15H22BrNO2. The fraction of sp³-hybridized carbons (Fsp3) is 0.600. The predicted octanol–water partition coefficient (Wildman–Crippen LogP) is 3.32. The van der Waals surface area contributed by atoms with Gasteiger partial charge in [-0.15, -0.1) is 0 Å². The van der Waals surface area contributed by atoms with Crippen molar-refractivity contribution in [2.24, 2.45) is 5.92 Å². The summed E-state index contributed by atoms with van der Waals surface area (Å²) in [7, 11) is 3.36. The van der Waals surface area contributed by atoms with Gasteiger partial charge in [0.15, 0.2) is 11.5 Å². The van der Waals surface area contributed by atoms with Crippen molar-refractivity contribution in [3.05, 3.63) is 21.7 Å². The number of hydrogen-bond acceptors (Lipinski definition) is 3. The van der Waals surface area contributed by atoms with Gasteiger partial charge < -0.3 is 14.8 Å². The molecule has 1 aliphatic rings. The van der Waals surface area contributed by atoms with Crippen LogP contribution < -0.4 is 14.8 Å². The summed E-state index contributed by atoms with van der Waals surface area (Å²) in [4.78, 5) is 0. The second-order valence-electron chi connectivity index (χ2n) is 5.11. The van der Waals surface area contributed by atoms with Gasteiger partial charge in [0.1, 0.15) is 0 Å². The molecule has 1 aromatic carbocycles. The summed E-state index contributed by atoms with van der Waals surface area (Å²) in [5.41, 5.74) is 2.62. The van der Waals surface area contributed by atoms with Crippen LogP contribution in [0.3, 0.4) is 0 Å². The van der Waals surface area contributed by atoms with Crippen LogP contribution in [0, 0.1) is 12.8 Å². The first-order valence-corrected chi connectivity index (χ1v) is 7.57. The Kier molecular flexibility index (Phi) is 5.11. The van der Waals surface area contributed by atoms with E-state index in [1.807, 2.05) is 0 Å². The molecule has 0 amide bonds. The van der Waals surface area contributed by atoms with Crippen LogP contribution in [0.1, 0.15) is 24.0 Å². The number of rotatable bonds is 4. The Labute approximate surface area is 123 Å². The SMILES string of the molecule is COc1cc(CC2CCNCC2)c(C)c(Br)c1OC. The van der Waals surface area contributed by atoms with Crippen molar-refractivity contribution in [1.82, 2.24) is 5.32 Å². The van der Waals surface area contributed by atoms with E-state index in [-0.39, 0.29) is 0 Å². The number of benzene rings is 1. The molecule has 1 aliphatic heterocycles. The molecular weight excluding hydrogens is 306 g/mol. The summed E-state index contributed by atoms with van der Waals surface area (Å²) in [6.07, 6.45) is 3.63. The van der Waals surface area contributed by atoms with Crippen molar-refractivity contribution in [2.45, 2.75) is 26.2 Å². The van der Waals surface area contributed by atoms with Gasteiger partial charge in [-0.3, -0.25) is 0 Å². The summed E-state index contributed by atoms with van der Waals surface area (Å²) in [6, 6.07) is 2.13. The van der Waals surface area contributed by atoms with E-state index in [2.05, 4.69) is 34.2 Å². The Bertz CT molecular complexity index is 442. The quantitative estimate of drug-likeness (QED) is 0.920. The molecule has 1 N–H and O–H groups in total. The van der Waals surface area contributed by atoms with Gasteiger partial charge in [0.25, 0.3) is 0 Å². The molecule has 19 heavy (non-hydrogen) atoms. The Morgan fingerprint density at radius 3 is 2.53 bits per heavy atom. The lowest BCUT2D eigenvalue weighted by atomic mass is 9.89. The zero-order chi connectivity index (χ0) is 13.8. The Balaban J connectivity index is 2.26. The van der Waals surface area contributed by atoms with Crippen molar-refractivity contribution in [1.29, 1.82) is 0 Å². The topological polar surface area (TPSA) is 30.5 Å². The van der Waals surface area contributed by atoms with Crippen LogP contribution >= 0.6 is 15.9 Å². The van der Waals surface area contributed by atoms with Crippen LogP contribution in [-0.2, 0) is 6.42 Å². The molecule has 0 bridgehead atoms. The van der Waals surface area contributed by atoms with Gasteiger partial charge in [0.2, 0.25) is 0 Å². The van der Waals surface area contributed by atoms with Gasteiger partial charge >= 0.3 is 0 Å². The molecule has 0 aromatic heterocycles. The first-order valence-electron chi connectivity index (χ1n) is 6.78. The highest BCUT2D eigenvalue weighted by atomic mass is 79.9. The normalized spacial score (nSPS) is 16.4. The Morgan fingerprint density at radius 2 is 1.95 bits per heavy atom. The molecule has 0 radical (unpaired) electrons. The first-order chi connectivity index (χ1) is 9.17. The largest absolute Gasteiger partial charge is 0.493 e. The van der Waals surface area contributed by atoms with E-state index in [1.54, 1.807) is 14.2 Å². The van der Waals surface area contributed by atoms with E-state index < -0.39 is 0 Å². The van der Waals surface area contributed by atoms with E-state index >= 15 is 0 Å². The lowest BCUT2D eigenvalue weighted by Crippen LogP contribution is -2.28. The van der Waals surface area contributed by atoms with Crippen molar-refractivity contribution >= 4 is 15.9 Å². The van der Waals surface area contributed by atoms with Crippen molar-refractivity contribution in [2.75, 3.05) is 27.3 Å². The van der Waals surface area contributed by atoms with Crippen LogP contribution in [0.5, 0.6) is 11.5 Å². The maximum Gasteiger partial charge on any atom is 0.175 e. The minimum absolute atomic E-state index is 0.768. The number of halogens is 1. The van der Waals surface area contributed by atoms with Gasteiger partial charge in [0, 0.05) is 0 Å². The maximum atomic E-state index is 5.43. The number of hydrogen-bond donors (Lipinski definition) is 1. The second kappa shape index (κ2) is 6.62. The molecule has 3 nitrogen and oxygen atoms in total. The van der Waals surface area contributed by atoms with Crippen LogP contribution in [0.4, 0.5) is 0 Å². The highest BCUT2D eigenvalue weighted by Crippen LogP contribution is 2.40. The molecule has 1 saturated heterocycles. The molecule has 0 aliphatic carbocycles. The standard InChI is InChI=1S/C15H22BrNO2/c1-10-12(8-11-4-6-17-7-5-11)9-13(18-2)15(19-3)14(10)16/h9,11,17H,4-8H2,1-3H3. The minimum atomic E-state index is 0.768. The lowest BCUT2D eigenvalue weighted by molar-refractivity contribution is 0.349. The zero-order valence-corrected chi connectivity index (χ0v) is 13.5. The summed E-state index contributed by atoms with van der Waals surface area (Å²) in [5, 5.41) is 3.41. The molecule has 1 aromatic rings. The van der Waals surface area contributed by atoms with Crippen LogP contribution in [0.15, 0.2) is 10.5 Å². The average molecular weight is 328 g/mol. The third-order valence-corrected chi connectivity index (χ3v) is 4.89. The van der Waals surface area contributed by atoms with Gasteiger partial charge in [-0.05, 0) is 78.3 Å². The van der Waals surface area contributed by atoms with Crippen LogP contribution in [0.2, 0.25) is 0 Å². The summed E-state index contributed by atoms with van der Waals surface area (Å²) in [5.74, 6) is 2.36. The Morgan fingerprint density at radius 1 is 1.26 bits per heavy atom. The van der Waals surface area contributed by atoms with E-state index in [0.29, 0.717) is 0 Å². The summed E-state index contributed by atoms with van der Waals surface area (Å²) >= 11 is 3.63. The molecule has 106 valence electrons. The summed E-state index contributed by atoms with van der Waals surface area (Å²) < 4.78 is 11.9. The third kappa shape index (κ3) is 3.23. The lowest BCUT2D eigenvalue weighted by Gasteiger charge is -2.24. The van der Waals surface area contributed by atoms with E-state index in [9.17, 15) is 0 Å². The van der Waals surface area contributed by atoms with Gasteiger partial charge in [-0.1, -0.05) is 0 Å². The van der Waals surface area contributed by atoms with Crippen molar-refractivity contribution in [3.8, 4) is 11.5 Å². The molecule has 0 unspecified atom stereocenters. The monoisotopic (exact) mass is 327 g/mol. The smallest absolute Gasteiger partial charge is 0.175 e. The minimum Gasteiger partial charge on any atom is -0.493 e. The van der Waals surface area contributed by atoms with Crippen LogP contribution in [-0.4, -0.2) is 27.3 Å². The Hall–Kier alpha value is -0.740. The van der Waals surface area contributed by atoms with Crippen molar-refractivity contribution in [3.63, 3.8) is 0 Å². The van der Waals surface area contributed by atoms with Gasteiger partial charge in [0.05, 0.1) is 18.7 Å². The molecule has 0 atom stereocenters. The zero-order valence-electron chi connectivity index (χ0n) is 11.9. The number of ether oxygens (including phenoxy) is 2. The van der Waals surface area contributed by atoms with E-state index in [0.717, 1.165) is 41.4 Å². The van der Waals surface area contributed by atoms with E-state index in [4.69, 9.17) is 9.47 Å².